The molecular formula is C18H26N2O5. The first-order valence-corrected chi connectivity index (χ1v) is 8.08. The zero-order chi connectivity index (χ0) is 18.1. The van der Waals surface area contributed by atoms with Crippen molar-refractivity contribution in [2.75, 3.05) is 47.7 Å². The van der Waals surface area contributed by atoms with Crippen LogP contribution in [0.25, 0.3) is 0 Å². The van der Waals surface area contributed by atoms with E-state index < -0.39 is 0 Å². The van der Waals surface area contributed by atoms with Gasteiger partial charge >= 0.3 is 0 Å². The number of hydrogen-bond acceptors (Lipinski definition) is 7. The van der Waals surface area contributed by atoms with Gasteiger partial charge in [0, 0.05) is 36.9 Å². The molecule has 0 amide bonds. The predicted molar refractivity (Wildman–Crippen MR) is 94.5 cm³/mol. The Bertz CT molecular complexity index is 589. The number of aliphatic hydroxyl groups excluding tert-OH is 1. The Morgan fingerprint density at radius 2 is 1.52 bits per heavy atom. The van der Waals surface area contributed by atoms with Crippen molar-refractivity contribution in [3.63, 3.8) is 0 Å². The Balaban J connectivity index is 1.98. The fourth-order valence-electron chi connectivity index (χ4n) is 2.52. The van der Waals surface area contributed by atoms with Gasteiger partial charge < -0.3 is 33.9 Å². The number of hydrogen-bond donors (Lipinski definition) is 1. The molecule has 2 rings (SSSR count). The van der Waals surface area contributed by atoms with Gasteiger partial charge in [0.2, 0.25) is 5.75 Å². The molecule has 0 radical (unpaired) electrons. The zero-order valence-electron chi connectivity index (χ0n) is 15.0. The standard InChI is InChI=1S/C18H26N2O5/c1-22-16-5-4-15(17(23-2)18(16)24-3)14-20-8-6-19(7-9-20)10-12-25-13-11-21/h4-9,21H,10-14H2,1-3H3. The quantitative estimate of drug-likeness (QED) is 0.645. The van der Waals surface area contributed by atoms with Crippen LogP contribution in [0.4, 0.5) is 0 Å². The van der Waals surface area contributed by atoms with Crippen molar-refractivity contribution in [2.45, 2.75) is 6.54 Å². The topological polar surface area (TPSA) is 63.6 Å². The zero-order valence-corrected chi connectivity index (χ0v) is 15.0. The van der Waals surface area contributed by atoms with Gasteiger partial charge in [-0.2, -0.15) is 0 Å². The van der Waals surface area contributed by atoms with E-state index >= 15 is 0 Å². The van der Waals surface area contributed by atoms with Crippen molar-refractivity contribution in [1.29, 1.82) is 0 Å². The lowest BCUT2D eigenvalue weighted by Gasteiger charge is -2.26. The third-order valence-electron chi connectivity index (χ3n) is 3.77. The molecule has 0 fully saturated rings. The van der Waals surface area contributed by atoms with E-state index in [9.17, 15) is 0 Å². The lowest BCUT2D eigenvalue weighted by Crippen LogP contribution is -2.23. The highest BCUT2D eigenvalue weighted by Crippen LogP contribution is 2.40. The molecule has 1 heterocycles. The molecule has 0 saturated carbocycles. The Kier molecular flexibility index (Phi) is 7.43. The van der Waals surface area contributed by atoms with Crippen LogP contribution >= 0.6 is 0 Å². The van der Waals surface area contributed by atoms with E-state index in [0.717, 1.165) is 12.1 Å². The predicted octanol–water partition coefficient (Wildman–Crippen LogP) is 1.78. The molecule has 0 aliphatic carbocycles. The molecule has 1 aromatic carbocycles. The summed E-state index contributed by atoms with van der Waals surface area (Å²) < 4.78 is 21.5. The molecular weight excluding hydrogens is 324 g/mol. The van der Waals surface area contributed by atoms with Gasteiger partial charge in [0.1, 0.15) is 0 Å². The van der Waals surface area contributed by atoms with Crippen LogP contribution in [0.3, 0.4) is 0 Å². The molecule has 1 aliphatic heterocycles. The van der Waals surface area contributed by atoms with Crippen molar-refractivity contribution in [2.24, 2.45) is 0 Å². The lowest BCUT2D eigenvalue weighted by molar-refractivity contribution is 0.0859. The van der Waals surface area contributed by atoms with Crippen LogP contribution in [0, 0.1) is 0 Å². The Morgan fingerprint density at radius 3 is 2.12 bits per heavy atom. The van der Waals surface area contributed by atoms with Crippen molar-refractivity contribution < 1.29 is 24.1 Å². The molecule has 7 nitrogen and oxygen atoms in total. The molecule has 138 valence electrons. The summed E-state index contributed by atoms with van der Waals surface area (Å²) in [5.41, 5.74) is 0.995. The minimum absolute atomic E-state index is 0.0482. The van der Waals surface area contributed by atoms with Crippen LogP contribution in [-0.2, 0) is 11.3 Å². The highest BCUT2D eigenvalue weighted by Gasteiger charge is 2.17. The maximum absolute atomic E-state index is 8.69. The second kappa shape index (κ2) is 9.80. The Morgan fingerprint density at radius 1 is 0.840 bits per heavy atom. The lowest BCUT2D eigenvalue weighted by atomic mass is 10.1. The average Bonchev–Trinajstić information content (AvgIpc) is 2.66. The van der Waals surface area contributed by atoms with Gasteiger partial charge in [-0.25, -0.2) is 0 Å². The molecule has 0 saturated heterocycles. The summed E-state index contributed by atoms with van der Waals surface area (Å²) in [6, 6.07) is 3.84. The first-order valence-electron chi connectivity index (χ1n) is 8.08. The number of aliphatic hydroxyl groups is 1. The fraction of sp³-hybridized carbons (Fsp3) is 0.444. The molecule has 1 aromatic rings. The third kappa shape index (κ3) is 5.04. The van der Waals surface area contributed by atoms with Gasteiger partial charge in [0.25, 0.3) is 0 Å². The first kappa shape index (κ1) is 19.0. The van der Waals surface area contributed by atoms with Crippen molar-refractivity contribution in [3.05, 3.63) is 42.5 Å². The second-order valence-electron chi connectivity index (χ2n) is 5.34. The SMILES string of the molecule is COc1ccc(CN2C=CN(CCOCCO)C=C2)c(OC)c1OC. The van der Waals surface area contributed by atoms with E-state index in [1.165, 1.54) is 0 Å². The van der Waals surface area contributed by atoms with Crippen LogP contribution in [0.1, 0.15) is 5.56 Å². The van der Waals surface area contributed by atoms with E-state index in [-0.39, 0.29) is 6.61 Å². The maximum Gasteiger partial charge on any atom is 0.203 e. The van der Waals surface area contributed by atoms with Crippen LogP contribution in [0.2, 0.25) is 0 Å². The number of rotatable bonds is 10. The molecule has 1 aliphatic rings. The Labute approximate surface area is 148 Å². The minimum atomic E-state index is 0.0482. The Hall–Kier alpha value is -2.38. The molecule has 0 aromatic heterocycles. The van der Waals surface area contributed by atoms with Crippen LogP contribution in [-0.4, -0.2) is 62.6 Å². The van der Waals surface area contributed by atoms with E-state index in [0.29, 0.717) is 37.0 Å². The van der Waals surface area contributed by atoms with Crippen LogP contribution in [0.15, 0.2) is 36.9 Å². The summed E-state index contributed by atoms with van der Waals surface area (Å²) in [5, 5.41) is 8.69. The second-order valence-corrected chi connectivity index (χ2v) is 5.34. The monoisotopic (exact) mass is 350 g/mol. The van der Waals surface area contributed by atoms with Crippen molar-refractivity contribution >= 4 is 0 Å². The summed E-state index contributed by atoms with van der Waals surface area (Å²) >= 11 is 0. The van der Waals surface area contributed by atoms with E-state index in [2.05, 4.69) is 4.90 Å². The van der Waals surface area contributed by atoms with Gasteiger partial charge in [-0.05, 0) is 12.1 Å². The first-order chi connectivity index (χ1) is 12.2. The number of ether oxygens (including phenoxy) is 4. The van der Waals surface area contributed by atoms with Gasteiger partial charge in [-0.1, -0.05) is 0 Å². The molecule has 25 heavy (non-hydrogen) atoms. The van der Waals surface area contributed by atoms with Crippen molar-refractivity contribution in [3.8, 4) is 17.2 Å². The normalized spacial score (nSPS) is 13.3. The van der Waals surface area contributed by atoms with E-state index in [4.69, 9.17) is 24.1 Å². The van der Waals surface area contributed by atoms with Crippen LogP contribution in [0.5, 0.6) is 17.2 Å². The summed E-state index contributed by atoms with van der Waals surface area (Å²) in [7, 11) is 4.82. The number of methoxy groups -OCH3 is 3. The number of nitrogens with zero attached hydrogens (tertiary/aromatic N) is 2. The van der Waals surface area contributed by atoms with Gasteiger partial charge in [-0.3, -0.25) is 0 Å². The van der Waals surface area contributed by atoms with Crippen molar-refractivity contribution in [1.82, 2.24) is 9.80 Å². The van der Waals surface area contributed by atoms with E-state index in [1.807, 2.05) is 41.8 Å². The molecule has 0 bridgehead atoms. The highest BCUT2D eigenvalue weighted by atomic mass is 16.5. The average molecular weight is 350 g/mol. The molecule has 0 atom stereocenters. The van der Waals surface area contributed by atoms with Crippen LogP contribution < -0.4 is 14.2 Å². The highest BCUT2D eigenvalue weighted by molar-refractivity contribution is 5.55. The van der Waals surface area contributed by atoms with E-state index in [1.54, 1.807) is 21.3 Å². The minimum Gasteiger partial charge on any atom is -0.493 e. The van der Waals surface area contributed by atoms with Gasteiger partial charge in [0.05, 0.1) is 47.7 Å². The smallest absolute Gasteiger partial charge is 0.203 e. The largest absolute Gasteiger partial charge is 0.493 e. The fourth-order valence-corrected chi connectivity index (χ4v) is 2.52. The third-order valence-corrected chi connectivity index (χ3v) is 3.77. The molecule has 7 heteroatoms. The molecule has 0 unspecified atom stereocenters. The number of benzene rings is 1. The maximum atomic E-state index is 8.69. The molecule has 1 N–H and O–H groups in total. The summed E-state index contributed by atoms with van der Waals surface area (Å²) in [5.74, 6) is 1.90. The summed E-state index contributed by atoms with van der Waals surface area (Å²) in [4.78, 5) is 4.08. The molecule has 0 spiro atoms. The van der Waals surface area contributed by atoms with Gasteiger partial charge in [0.15, 0.2) is 11.5 Å². The summed E-state index contributed by atoms with van der Waals surface area (Å²) in [6.45, 7) is 2.36. The van der Waals surface area contributed by atoms with Gasteiger partial charge in [-0.15, -0.1) is 0 Å². The summed E-state index contributed by atoms with van der Waals surface area (Å²) in [6.07, 6.45) is 7.94.